The predicted molar refractivity (Wildman–Crippen MR) is 76.9 cm³/mol. The summed E-state index contributed by atoms with van der Waals surface area (Å²) >= 11 is 0. The van der Waals surface area contributed by atoms with Gasteiger partial charge in [-0.25, -0.2) is 0 Å². The minimum Gasteiger partial charge on any atom is -0.324 e. The van der Waals surface area contributed by atoms with Crippen molar-refractivity contribution in [1.29, 1.82) is 0 Å². The average Bonchev–Trinajstić information content (AvgIpc) is 2.38. The number of anilines is 1. The van der Waals surface area contributed by atoms with Gasteiger partial charge in [-0.3, -0.25) is 9.69 Å². The van der Waals surface area contributed by atoms with Crippen LogP contribution in [0, 0.1) is 0 Å². The van der Waals surface area contributed by atoms with Crippen molar-refractivity contribution in [3.05, 3.63) is 55.1 Å². The molecule has 0 aliphatic heterocycles. The number of nitrogens with zero attached hydrogens (tertiary/aromatic N) is 1. The van der Waals surface area contributed by atoms with Crippen LogP contribution >= 0.6 is 0 Å². The Morgan fingerprint density at radius 2 is 1.76 bits per heavy atom. The molecule has 1 aromatic carbocycles. The van der Waals surface area contributed by atoms with Crippen LogP contribution in [0.5, 0.6) is 0 Å². The third kappa shape index (κ3) is 5.43. The second kappa shape index (κ2) is 7.64. The van der Waals surface area contributed by atoms with E-state index in [4.69, 9.17) is 0 Å². The molecule has 1 N–H and O–H groups in total. The van der Waals surface area contributed by atoms with Crippen molar-refractivity contribution >= 4 is 11.6 Å². The van der Waals surface area contributed by atoms with E-state index in [-0.39, 0.29) is 12.2 Å². The number of hydrogen-bond acceptors (Lipinski definition) is 2. The molecule has 21 heavy (non-hydrogen) atoms. The van der Waals surface area contributed by atoms with Crippen molar-refractivity contribution in [2.75, 3.05) is 25.0 Å². The number of amides is 1. The topological polar surface area (TPSA) is 32.3 Å². The summed E-state index contributed by atoms with van der Waals surface area (Å²) in [5, 5.41) is 2.30. The van der Waals surface area contributed by atoms with E-state index in [1.807, 2.05) is 0 Å². The Bertz CT molecular complexity index is 502. The van der Waals surface area contributed by atoms with Crippen molar-refractivity contribution in [2.45, 2.75) is 6.18 Å². The van der Waals surface area contributed by atoms with Gasteiger partial charge in [-0.05, 0) is 12.1 Å². The average molecular weight is 298 g/mol. The molecule has 0 fully saturated rings. The van der Waals surface area contributed by atoms with Crippen LogP contribution in [-0.4, -0.2) is 30.4 Å². The summed E-state index contributed by atoms with van der Waals surface area (Å²) in [5.41, 5.74) is -1.11. The molecular formula is C15H17F3N2O. The van der Waals surface area contributed by atoms with Crippen molar-refractivity contribution < 1.29 is 18.0 Å². The number of rotatable bonds is 7. The SMILES string of the molecule is C=CCN(CC=C)CC(=O)Nc1ccccc1C(F)(F)F. The highest BCUT2D eigenvalue weighted by Gasteiger charge is 2.33. The lowest BCUT2D eigenvalue weighted by Crippen LogP contribution is -2.33. The molecule has 0 unspecified atom stereocenters. The number of para-hydroxylation sites is 1. The molecule has 0 aliphatic carbocycles. The van der Waals surface area contributed by atoms with Crippen LogP contribution < -0.4 is 5.32 Å². The zero-order valence-corrected chi connectivity index (χ0v) is 11.5. The van der Waals surface area contributed by atoms with E-state index in [0.717, 1.165) is 6.07 Å². The molecule has 0 aliphatic rings. The lowest BCUT2D eigenvalue weighted by atomic mass is 10.1. The maximum absolute atomic E-state index is 12.8. The Balaban J connectivity index is 2.79. The van der Waals surface area contributed by atoms with Gasteiger partial charge in [0.25, 0.3) is 0 Å². The first-order chi connectivity index (χ1) is 9.88. The molecule has 1 aromatic rings. The van der Waals surface area contributed by atoms with Crippen molar-refractivity contribution in [2.24, 2.45) is 0 Å². The molecule has 1 rings (SSSR count). The minimum atomic E-state index is -4.51. The molecule has 0 atom stereocenters. The van der Waals surface area contributed by atoms with Gasteiger partial charge in [-0.1, -0.05) is 24.3 Å². The fraction of sp³-hybridized carbons (Fsp3) is 0.267. The molecule has 114 valence electrons. The van der Waals surface area contributed by atoms with Crippen molar-refractivity contribution in [3.8, 4) is 0 Å². The summed E-state index contributed by atoms with van der Waals surface area (Å²) in [6.07, 6.45) is -1.29. The highest BCUT2D eigenvalue weighted by molar-refractivity contribution is 5.93. The molecule has 0 radical (unpaired) electrons. The van der Waals surface area contributed by atoms with Gasteiger partial charge in [0.05, 0.1) is 17.8 Å². The molecule has 6 heteroatoms. The Morgan fingerprint density at radius 1 is 1.19 bits per heavy atom. The van der Waals surface area contributed by atoms with Crippen LogP contribution in [0.2, 0.25) is 0 Å². The summed E-state index contributed by atoms with van der Waals surface area (Å²) in [6.45, 7) is 7.98. The number of carbonyl (C=O) groups excluding carboxylic acids is 1. The predicted octanol–water partition coefficient (Wildman–Crippen LogP) is 3.32. The van der Waals surface area contributed by atoms with Crippen LogP contribution in [0.3, 0.4) is 0 Å². The van der Waals surface area contributed by atoms with Gasteiger partial charge in [0.2, 0.25) is 5.91 Å². The minimum absolute atomic E-state index is 0.0375. The van der Waals surface area contributed by atoms with E-state index in [9.17, 15) is 18.0 Å². The summed E-state index contributed by atoms with van der Waals surface area (Å²) in [7, 11) is 0. The van der Waals surface area contributed by atoms with E-state index >= 15 is 0 Å². The normalized spacial score (nSPS) is 11.2. The molecule has 0 saturated carbocycles. The third-order valence-electron chi connectivity index (χ3n) is 2.65. The van der Waals surface area contributed by atoms with Crippen molar-refractivity contribution in [3.63, 3.8) is 0 Å². The first kappa shape index (κ1) is 17.0. The Kier molecular flexibility index (Phi) is 6.17. The quantitative estimate of drug-likeness (QED) is 0.783. The number of hydrogen-bond donors (Lipinski definition) is 1. The van der Waals surface area contributed by atoms with Crippen LogP contribution in [0.1, 0.15) is 5.56 Å². The van der Waals surface area contributed by atoms with Crippen LogP contribution in [0.25, 0.3) is 0 Å². The highest BCUT2D eigenvalue weighted by atomic mass is 19.4. The zero-order valence-electron chi connectivity index (χ0n) is 11.5. The fourth-order valence-electron chi connectivity index (χ4n) is 1.80. The summed E-state index contributed by atoms with van der Waals surface area (Å²) in [5.74, 6) is -0.518. The van der Waals surface area contributed by atoms with Gasteiger partial charge in [-0.15, -0.1) is 13.2 Å². The monoisotopic (exact) mass is 298 g/mol. The van der Waals surface area contributed by atoms with Crippen molar-refractivity contribution in [1.82, 2.24) is 4.90 Å². The zero-order chi connectivity index (χ0) is 15.9. The number of benzene rings is 1. The summed E-state index contributed by atoms with van der Waals surface area (Å²) < 4.78 is 38.4. The van der Waals surface area contributed by atoms with Crippen LogP contribution in [0.4, 0.5) is 18.9 Å². The number of halogens is 3. The molecule has 3 nitrogen and oxygen atoms in total. The lowest BCUT2D eigenvalue weighted by molar-refractivity contribution is -0.137. The number of alkyl halides is 3. The number of carbonyl (C=O) groups is 1. The molecule has 0 bridgehead atoms. The third-order valence-corrected chi connectivity index (χ3v) is 2.65. The van der Waals surface area contributed by atoms with Gasteiger partial charge >= 0.3 is 6.18 Å². The standard InChI is InChI=1S/C15H17F3N2O/c1-3-9-20(10-4-2)11-14(21)19-13-8-6-5-7-12(13)15(16,17)18/h3-8H,1-2,9-11H2,(H,19,21). The number of nitrogens with one attached hydrogen (secondary N) is 1. The second-order valence-electron chi connectivity index (χ2n) is 4.36. The second-order valence-corrected chi connectivity index (χ2v) is 4.36. The van der Waals surface area contributed by atoms with E-state index in [0.29, 0.717) is 13.1 Å². The Labute approximate surface area is 121 Å². The van der Waals surface area contributed by atoms with E-state index < -0.39 is 17.6 Å². The van der Waals surface area contributed by atoms with E-state index in [2.05, 4.69) is 18.5 Å². The first-order valence-corrected chi connectivity index (χ1v) is 6.28. The van der Waals surface area contributed by atoms with Gasteiger partial charge < -0.3 is 5.32 Å². The van der Waals surface area contributed by atoms with Gasteiger partial charge in [0.15, 0.2) is 0 Å². The summed E-state index contributed by atoms with van der Waals surface area (Å²) in [4.78, 5) is 13.6. The molecular weight excluding hydrogens is 281 g/mol. The first-order valence-electron chi connectivity index (χ1n) is 6.28. The van der Waals surface area contributed by atoms with Crippen LogP contribution in [-0.2, 0) is 11.0 Å². The lowest BCUT2D eigenvalue weighted by Gasteiger charge is -2.19. The largest absolute Gasteiger partial charge is 0.418 e. The fourth-order valence-corrected chi connectivity index (χ4v) is 1.80. The molecule has 0 heterocycles. The highest BCUT2D eigenvalue weighted by Crippen LogP contribution is 2.34. The van der Waals surface area contributed by atoms with Gasteiger partial charge in [0.1, 0.15) is 0 Å². The molecule has 0 aromatic heterocycles. The maximum atomic E-state index is 12.8. The van der Waals surface area contributed by atoms with E-state index in [1.54, 1.807) is 17.1 Å². The van der Waals surface area contributed by atoms with Gasteiger partial charge in [-0.2, -0.15) is 13.2 Å². The van der Waals surface area contributed by atoms with E-state index in [1.165, 1.54) is 18.2 Å². The molecule has 1 amide bonds. The molecule has 0 saturated heterocycles. The van der Waals surface area contributed by atoms with Crippen LogP contribution in [0.15, 0.2) is 49.6 Å². The summed E-state index contributed by atoms with van der Waals surface area (Å²) in [6, 6.07) is 4.88. The van der Waals surface area contributed by atoms with Gasteiger partial charge in [0, 0.05) is 13.1 Å². The maximum Gasteiger partial charge on any atom is 0.418 e. The Morgan fingerprint density at radius 3 is 2.29 bits per heavy atom. The molecule has 0 spiro atoms. The smallest absolute Gasteiger partial charge is 0.324 e. The Hall–Kier alpha value is -2.08.